The Hall–Kier alpha value is -9.40. The number of nitrogens with zero attached hydrogens (tertiary/aromatic N) is 6. The summed E-state index contributed by atoms with van der Waals surface area (Å²) in [4.78, 5) is 29.5. The van der Waals surface area contributed by atoms with Crippen LogP contribution in [0.1, 0.15) is 33.8 Å². The SMILES string of the molecule is [Cu].c1ccc(C2=Nc3nc2c(-c2ccccc2)c2[nH]c(c(-c4ccccc4)c4nc(c(-c5ccccc5)c5nnc(n3)[nH]5)C(c3ccccc3)=C4c3ccccc3)c(-c3ccccc3)c2-c2ccccc2)cc1. The van der Waals surface area contributed by atoms with Crippen molar-refractivity contribution < 1.29 is 17.1 Å². The van der Waals surface area contributed by atoms with Gasteiger partial charge in [-0.05, 0) is 38.9 Å². The van der Waals surface area contributed by atoms with Crippen molar-refractivity contribution in [1.29, 1.82) is 0 Å². The Kier molecular flexibility index (Phi) is 11.9. The van der Waals surface area contributed by atoms with Crippen LogP contribution in [0.3, 0.4) is 0 Å². The van der Waals surface area contributed by atoms with Gasteiger partial charge in [-0.25, -0.2) is 15.0 Å². The maximum absolute atomic E-state index is 6.01. The maximum Gasteiger partial charge on any atom is 0.254 e. The summed E-state index contributed by atoms with van der Waals surface area (Å²) in [6.07, 6.45) is 0. The predicted molar refractivity (Wildman–Crippen MR) is 291 cm³/mol. The van der Waals surface area contributed by atoms with E-state index in [0.29, 0.717) is 17.1 Å². The van der Waals surface area contributed by atoms with Crippen molar-refractivity contribution in [3.63, 3.8) is 0 Å². The van der Waals surface area contributed by atoms with Gasteiger partial charge < -0.3 is 9.97 Å². The van der Waals surface area contributed by atoms with Gasteiger partial charge in [0.1, 0.15) is 11.4 Å². The molecule has 0 aliphatic carbocycles. The molecule has 8 bridgehead atoms. The third-order valence-corrected chi connectivity index (χ3v) is 13.2. The molecule has 8 nitrogen and oxygen atoms in total. The molecule has 2 aliphatic rings. The van der Waals surface area contributed by atoms with Gasteiger partial charge in [0.05, 0.1) is 28.0 Å². The van der Waals surface area contributed by atoms with Crippen LogP contribution in [0.2, 0.25) is 0 Å². The predicted octanol–water partition coefficient (Wildman–Crippen LogP) is 15.0. The minimum atomic E-state index is 0. The molecule has 73 heavy (non-hydrogen) atoms. The van der Waals surface area contributed by atoms with Gasteiger partial charge in [-0.2, -0.15) is 4.98 Å². The zero-order valence-corrected chi connectivity index (χ0v) is 40.0. The number of rotatable bonds is 8. The number of fused-ring (bicyclic) bond motifs is 8. The van der Waals surface area contributed by atoms with Crippen LogP contribution >= 0.6 is 0 Å². The summed E-state index contributed by atoms with van der Waals surface area (Å²) in [5, 5.41) is 9.57. The molecule has 0 saturated carbocycles. The van der Waals surface area contributed by atoms with Gasteiger partial charge in [0.2, 0.25) is 0 Å². The van der Waals surface area contributed by atoms with E-state index >= 15 is 0 Å². The van der Waals surface area contributed by atoms with E-state index in [4.69, 9.17) is 30.1 Å². The van der Waals surface area contributed by atoms with Crippen LogP contribution in [0.5, 0.6) is 0 Å². The molecule has 0 amide bonds. The first-order valence-corrected chi connectivity index (χ1v) is 24.0. The first-order chi connectivity index (χ1) is 35.7. The summed E-state index contributed by atoms with van der Waals surface area (Å²) in [6.45, 7) is 0. The Labute approximate surface area is 432 Å². The number of aliphatic imine (C=N–C) groups is 1. The van der Waals surface area contributed by atoms with Crippen molar-refractivity contribution in [2.75, 3.05) is 0 Å². The fourth-order valence-corrected chi connectivity index (χ4v) is 10.1. The molecule has 9 heteroatoms. The molecule has 0 unspecified atom stereocenters. The minimum absolute atomic E-state index is 0. The summed E-state index contributed by atoms with van der Waals surface area (Å²) < 4.78 is 0. The molecule has 0 spiro atoms. The average molecular weight is 987 g/mol. The van der Waals surface area contributed by atoms with Crippen LogP contribution in [0.15, 0.2) is 248 Å². The van der Waals surface area contributed by atoms with Gasteiger partial charge in [-0.3, -0.25) is 0 Å². The molecule has 2 N–H and O–H groups in total. The van der Waals surface area contributed by atoms with Crippen LogP contribution in [-0.4, -0.2) is 40.8 Å². The van der Waals surface area contributed by atoms with E-state index in [9.17, 15) is 0 Å². The van der Waals surface area contributed by atoms with Crippen molar-refractivity contribution in [1.82, 2.24) is 35.1 Å². The zero-order valence-electron chi connectivity index (χ0n) is 39.1. The Balaban J connectivity index is 0.00000543. The fourth-order valence-electron chi connectivity index (χ4n) is 10.1. The van der Waals surface area contributed by atoms with Crippen LogP contribution < -0.4 is 0 Å². The summed E-state index contributed by atoms with van der Waals surface area (Å²) in [6, 6.07) is 84.1. The van der Waals surface area contributed by atoms with Crippen LogP contribution in [0.25, 0.3) is 89.2 Å². The molecule has 0 fully saturated rings. The second-order valence-electron chi connectivity index (χ2n) is 17.6. The second kappa shape index (κ2) is 19.4. The topological polar surface area (TPSA) is 108 Å². The van der Waals surface area contributed by atoms with Crippen LogP contribution in [-0.2, 0) is 17.1 Å². The van der Waals surface area contributed by atoms with E-state index in [0.717, 1.165) is 106 Å². The molecule has 2 aliphatic heterocycles. The fraction of sp³-hybridized carbons (Fsp3) is 0. The quantitative estimate of drug-likeness (QED) is 0.147. The van der Waals surface area contributed by atoms with Crippen LogP contribution in [0.4, 0.5) is 5.95 Å². The van der Waals surface area contributed by atoms with Crippen molar-refractivity contribution in [3.05, 3.63) is 276 Å². The average Bonchev–Trinajstić information content (AvgIpc) is 4.27. The molecule has 0 atom stereocenters. The molecule has 5 heterocycles. The molecule has 1 radical (unpaired) electrons. The van der Waals surface area contributed by atoms with E-state index in [1.807, 2.05) is 42.5 Å². The van der Waals surface area contributed by atoms with Gasteiger partial charge in [0, 0.05) is 56.0 Å². The minimum Gasteiger partial charge on any atom is -0.353 e. The summed E-state index contributed by atoms with van der Waals surface area (Å²) in [7, 11) is 0. The number of aromatic nitrogens is 7. The normalized spacial score (nSPS) is 12.0. The molecule has 8 aromatic carbocycles. The van der Waals surface area contributed by atoms with Gasteiger partial charge in [0.25, 0.3) is 11.7 Å². The van der Waals surface area contributed by atoms with E-state index in [-0.39, 0.29) is 28.8 Å². The first-order valence-electron chi connectivity index (χ1n) is 24.0. The number of H-pyrrole nitrogens is 2. The third kappa shape index (κ3) is 8.18. The number of aromatic amines is 2. The second-order valence-corrected chi connectivity index (χ2v) is 17.6. The molecule has 11 aromatic rings. The summed E-state index contributed by atoms with van der Waals surface area (Å²) >= 11 is 0. The third-order valence-electron chi connectivity index (χ3n) is 13.2. The monoisotopic (exact) mass is 985 g/mol. The van der Waals surface area contributed by atoms with Crippen molar-refractivity contribution in [2.24, 2.45) is 4.99 Å². The van der Waals surface area contributed by atoms with Gasteiger partial charge in [0.15, 0.2) is 5.65 Å². The summed E-state index contributed by atoms with van der Waals surface area (Å²) in [5.74, 6) is 0.501. The number of hydrogen-bond acceptors (Lipinski definition) is 6. The largest absolute Gasteiger partial charge is 0.353 e. The van der Waals surface area contributed by atoms with Crippen LogP contribution in [0, 0.1) is 0 Å². The van der Waals surface area contributed by atoms with Gasteiger partial charge in [-0.15, -0.1) is 10.2 Å². The van der Waals surface area contributed by atoms with Gasteiger partial charge in [-0.1, -0.05) is 243 Å². The Morgan fingerprint density at radius 2 is 0.616 bits per heavy atom. The van der Waals surface area contributed by atoms with Gasteiger partial charge >= 0.3 is 0 Å². The van der Waals surface area contributed by atoms with E-state index in [1.165, 1.54) is 0 Å². The number of hydrogen-bond donors (Lipinski definition) is 2. The number of nitrogens with one attached hydrogen (secondary N) is 2. The standard InChI is InChI=1S/C64H42N8.Cu/c1-9-25-41(26-10-1)49-50(42-27-11-2-12-28-42)59-54(46-35-19-6-20-36-46)61-56(48-39-23-8-24-40-48)67-63(68-61)70-64-69-62(71-72-64)55(47-37-21-7-22-38-47)60-52(44-31-15-4-16-32-44)51(43-29-13-3-14-30-43)58(66-60)53(57(49)65-59)45-33-17-5-18-34-45;/h1-40,65H,(H,67,68,69,70,71,72);. The molecule has 13 rings (SSSR count). The molecular formula is C64H42CuN8. The van der Waals surface area contributed by atoms with Crippen molar-refractivity contribution in [2.45, 2.75) is 0 Å². The summed E-state index contributed by atoms with van der Waals surface area (Å²) in [5.41, 5.74) is 19.4. The Morgan fingerprint density at radius 1 is 0.274 bits per heavy atom. The maximum atomic E-state index is 6.01. The smallest absolute Gasteiger partial charge is 0.254 e. The van der Waals surface area contributed by atoms with E-state index in [2.05, 4.69) is 210 Å². The van der Waals surface area contributed by atoms with E-state index in [1.54, 1.807) is 0 Å². The molecular weight excluding hydrogens is 944 g/mol. The zero-order chi connectivity index (χ0) is 47.8. The number of benzene rings is 8. The molecule has 0 saturated heterocycles. The van der Waals surface area contributed by atoms with Crippen molar-refractivity contribution >= 4 is 45.3 Å². The Morgan fingerprint density at radius 3 is 1.04 bits per heavy atom. The molecule has 3 aromatic heterocycles. The first kappa shape index (κ1) is 44.8. The Bertz CT molecular complexity index is 4030. The van der Waals surface area contributed by atoms with Crippen molar-refractivity contribution in [3.8, 4) is 55.6 Å². The van der Waals surface area contributed by atoms with E-state index < -0.39 is 0 Å². The molecule has 349 valence electrons.